The number of allylic oxidation sites excluding steroid dienone is 5. The Morgan fingerprint density at radius 2 is 2.16 bits per heavy atom. The number of hydrogen-bond donors (Lipinski definition) is 2. The van der Waals surface area contributed by atoms with Gasteiger partial charge < -0.3 is 19.6 Å². The van der Waals surface area contributed by atoms with Gasteiger partial charge in [0.15, 0.2) is 0 Å². The molecule has 0 aliphatic heterocycles. The molecule has 0 unspecified atom stereocenters. The van der Waals surface area contributed by atoms with Gasteiger partial charge in [0, 0.05) is 7.05 Å². The fourth-order valence-corrected chi connectivity index (χ4v) is 2.98. The first kappa shape index (κ1) is 24.7. The van der Waals surface area contributed by atoms with E-state index >= 15 is 0 Å². The summed E-state index contributed by atoms with van der Waals surface area (Å²) >= 11 is 0. The second-order valence-corrected chi connectivity index (χ2v) is 7.26. The molecule has 1 aliphatic rings. The van der Waals surface area contributed by atoms with E-state index in [-0.39, 0.29) is 6.61 Å². The normalized spacial score (nSPS) is 19.0. The Morgan fingerprint density at radius 1 is 1.38 bits per heavy atom. The fraction of sp³-hybridized carbons (Fsp3) is 0.333. The number of carbonyl (C=O) groups is 1. The van der Waals surface area contributed by atoms with Crippen molar-refractivity contribution in [3.05, 3.63) is 71.6 Å². The average Bonchev–Trinajstić information content (AvgIpc) is 2.76. The molecule has 0 bridgehead atoms. The first-order chi connectivity index (χ1) is 15.4. The van der Waals surface area contributed by atoms with Crippen molar-refractivity contribution in [3.63, 3.8) is 0 Å². The number of methoxy groups -OCH3 is 1. The minimum Gasteiger partial charge on any atom is -0.496 e. The van der Waals surface area contributed by atoms with E-state index in [1.165, 1.54) is 7.05 Å². The molecule has 1 aliphatic carbocycles. The lowest BCUT2D eigenvalue weighted by Crippen LogP contribution is -2.37. The third kappa shape index (κ3) is 7.02. The molecule has 8 heteroatoms. The van der Waals surface area contributed by atoms with E-state index in [1.54, 1.807) is 25.3 Å². The minimum atomic E-state index is -0.437. The number of nitrogens with two attached hydrogens (primary N) is 1. The van der Waals surface area contributed by atoms with E-state index in [4.69, 9.17) is 20.2 Å². The van der Waals surface area contributed by atoms with Crippen LogP contribution in [0, 0.1) is 0 Å². The maximum Gasteiger partial charge on any atom is 0.335 e. The number of benzene rings is 1. The Balaban J connectivity index is 2.18. The number of oxime groups is 1. The maximum atomic E-state index is 12.0. The standard InChI is InChI=1S/C24H32N4O4/c1-6-15-32-27-18(3)19-9-7-11-22(17(2)13-14-19)31-16-20-21(26-24(29)28(4)25)10-8-12-23(20)30-5/h6-8,10-12,14H,1,9,13,15-16,25H2,2-5H3,(H,26,29)/b11-7-,19-14+,22-17+,27-18?. The van der Waals surface area contributed by atoms with Crippen LogP contribution in [-0.4, -0.2) is 37.5 Å². The van der Waals surface area contributed by atoms with Gasteiger partial charge in [-0.25, -0.2) is 10.6 Å². The fourth-order valence-electron chi connectivity index (χ4n) is 2.98. The quantitative estimate of drug-likeness (QED) is 0.145. The van der Waals surface area contributed by atoms with E-state index in [2.05, 4.69) is 23.1 Å². The molecule has 0 spiro atoms. The number of rotatable bonds is 9. The molecule has 0 atom stereocenters. The molecule has 172 valence electrons. The maximum absolute atomic E-state index is 12.0. The number of carbonyl (C=O) groups excluding carboxylic acids is 1. The van der Waals surface area contributed by atoms with E-state index in [0.717, 1.165) is 39.6 Å². The Kier molecular flexibility index (Phi) is 9.56. The van der Waals surface area contributed by atoms with Crippen molar-refractivity contribution >= 4 is 17.4 Å². The molecule has 32 heavy (non-hydrogen) atoms. The largest absolute Gasteiger partial charge is 0.496 e. The van der Waals surface area contributed by atoms with Crippen LogP contribution in [0.25, 0.3) is 0 Å². The van der Waals surface area contributed by atoms with Crippen LogP contribution in [0.15, 0.2) is 71.1 Å². The molecular formula is C24H32N4O4. The van der Waals surface area contributed by atoms with E-state index < -0.39 is 6.03 Å². The lowest BCUT2D eigenvalue weighted by atomic mass is 10.0. The van der Waals surface area contributed by atoms with E-state index in [9.17, 15) is 4.79 Å². The van der Waals surface area contributed by atoms with Gasteiger partial charge in [0.2, 0.25) is 0 Å². The molecule has 0 heterocycles. The van der Waals surface area contributed by atoms with Crippen molar-refractivity contribution in [1.82, 2.24) is 5.01 Å². The van der Waals surface area contributed by atoms with Crippen LogP contribution in [0.4, 0.5) is 10.5 Å². The molecule has 0 fully saturated rings. The Bertz CT molecular complexity index is 945. The van der Waals surface area contributed by atoms with Gasteiger partial charge in [-0.2, -0.15) is 0 Å². The molecule has 0 saturated heterocycles. The zero-order valence-corrected chi connectivity index (χ0v) is 19.2. The number of anilines is 1. The number of urea groups is 1. The summed E-state index contributed by atoms with van der Waals surface area (Å²) in [6.07, 6.45) is 9.21. The Morgan fingerprint density at radius 3 is 2.84 bits per heavy atom. The van der Waals surface area contributed by atoms with Crippen molar-refractivity contribution < 1.29 is 19.1 Å². The van der Waals surface area contributed by atoms with Gasteiger partial charge in [0.1, 0.15) is 24.7 Å². The van der Waals surface area contributed by atoms with Crippen LogP contribution >= 0.6 is 0 Å². The lowest BCUT2D eigenvalue weighted by Gasteiger charge is -2.19. The summed E-state index contributed by atoms with van der Waals surface area (Å²) in [6, 6.07) is 4.96. The number of hydrogen-bond acceptors (Lipinski definition) is 6. The highest BCUT2D eigenvalue weighted by atomic mass is 16.6. The van der Waals surface area contributed by atoms with Crippen LogP contribution in [0.1, 0.15) is 32.3 Å². The summed E-state index contributed by atoms with van der Waals surface area (Å²) in [5.74, 6) is 6.92. The Labute approximate surface area is 189 Å². The summed E-state index contributed by atoms with van der Waals surface area (Å²) in [7, 11) is 3.05. The average molecular weight is 441 g/mol. The number of nitrogens with one attached hydrogen (secondary N) is 1. The third-order valence-corrected chi connectivity index (χ3v) is 4.83. The number of hydrazine groups is 1. The van der Waals surface area contributed by atoms with Crippen molar-refractivity contribution in [2.75, 3.05) is 26.1 Å². The summed E-state index contributed by atoms with van der Waals surface area (Å²) < 4.78 is 11.6. The predicted molar refractivity (Wildman–Crippen MR) is 127 cm³/mol. The molecule has 0 radical (unpaired) electrons. The highest BCUT2D eigenvalue weighted by molar-refractivity contribution is 5.98. The SMILES string of the molecule is C=CCON=C(C)/C1=C/C/C(C)=C(OCc2c(NC(=O)N(C)N)cccc2OC)\C=C/C1. The monoisotopic (exact) mass is 440 g/mol. The lowest BCUT2D eigenvalue weighted by molar-refractivity contribution is 0.174. The Hall–Kier alpha value is -3.52. The predicted octanol–water partition coefficient (Wildman–Crippen LogP) is 4.68. The van der Waals surface area contributed by atoms with Gasteiger partial charge in [-0.05, 0) is 56.0 Å². The van der Waals surface area contributed by atoms with Gasteiger partial charge >= 0.3 is 6.03 Å². The summed E-state index contributed by atoms with van der Waals surface area (Å²) in [6.45, 7) is 8.17. The second kappa shape index (κ2) is 12.4. The number of amides is 2. The van der Waals surface area contributed by atoms with Crippen molar-refractivity contribution in [2.24, 2.45) is 11.0 Å². The molecule has 8 nitrogen and oxygen atoms in total. The first-order valence-electron chi connectivity index (χ1n) is 10.3. The molecule has 3 N–H and O–H groups in total. The molecule has 0 saturated carbocycles. The van der Waals surface area contributed by atoms with Crippen LogP contribution in [-0.2, 0) is 16.2 Å². The highest BCUT2D eigenvalue weighted by Crippen LogP contribution is 2.29. The molecular weight excluding hydrogens is 408 g/mol. The summed E-state index contributed by atoms with van der Waals surface area (Å²) in [4.78, 5) is 17.2. The topological polar surface area (TPSA) is 98.4 Å². The van der Waals surface area contributed by atoms with Gasteiger partial charge in [-0.1, -0.05) is 36.0 Å². The number of nitrogens with zero attached hydrogens (tertiary/aromatic N) is 2. The van der Waals surface area contributed by atoms with Gasteiger partial charge in [-0.3, -0.25) is 5.01 Å². The minimum absolute atomic E-state index is 0.220. The summed E-state index contributed by atoms with van der Waals surface area (Å²) in [5, 5.41) is 7.88. The smallest absolute Gasteiger partial charge is 0.335 e. The van der Waals surface area contributed by atoms with Crippen LogP contribution in [0.2, 0.25) is 0 Å². The molecule has 0 aromatic heterocycles. The van der Waals surface area contributed by atoms with E-state index in [0.29, 0.717) is 24.5 Å². The van der Waals surface area contributed by atoms with E-state index in [1.807, 2.05) is 32.1 Å². The second-order valence-electron chi connectivity index (χ2n) is 7.26. The summed E-state index contributed by atoms with van der Waals surface area (Å²) in [5.41, 5.74) is 4.31. The number of ether oxygens (including phenoxy) is 2. The molecule has 2 rings (SSSR count). The third-order valence-electron chi connectivity index (χ3n) is 4.83. The van der Waals surface area contributed by atoms with Crippen LogP contribution in [0.5, 0.6) is 5.75 Å². The van der Waals surface area contributed by atoms with Crippen LogP contribution < -0.4 is 15.9 Å². The van der Waals surface area contributed by atoms with Gasteiger partial charge in [0.25, 0.3) is 0 Å². The first-order valence-corrected chi connectivity index (χ1v) is 10.3. The van der Waals surface area contributed by atoms with Crippen molar-refractivity contribution in [1.29, 1.82) is 0 Å². The van der Waals surface area contributed by atoms with Gasteiger partial charge in [-0.15, -0.1) is 0 Å². The van der Waals surface area contributed by atoms with Crippen molar-refractivity contribution in [3.8, 4) is 5.75 Å². The highest BCUT2D eigenvalue weighted by Gasteiger charge is 2.15. The van der Waals surface area contributed by atoms with Gasteiger partial charge in [0.05, 0.1) is 24.1 Å². The molecule has 2 amide bonds. The zero-order chi connectivity index (χ0) is 23.5. The van der Waals surface area contributed by atoms with Crippen LogP contribution in [0.3, 0.4) is 0 Å². The molecule has 1 aromatic carbocycles. The zero-order valence-electron chi connectivity index (χ0n) is 19.2. The molecule has 1 aromatic rings. The van der Waals surface area contributed by atoms with Crippen molar-refractivity contribution in [2.45, 2.75) is 33.3 Å².